The van der Waals surface area contributed by atoms with E-state index in [1.165, 1.54) is 0 Å². The maximum atomic E-state index is 14.4. The normalized spacial score (nSPS) is 12.3. The number of aliphatic hydroxyl groups is 1. The minimum absolute atomic E-state index is 0.245. The Morgan fingerprint density at radius 1 is 1.20 bits per heavy atom. The first kappa shape index (κ1) is 18.9. The predicted molar refractivity (Wildman–Crippen MR) is 102 cm³/mol. The van der Waals surface area contributed by atoms with Gasteiger partial charge in [0.25, 0.3) is 0 Å². The first-order valence-corrected chi connectivity index (χ1v) is 8.58. The highest BCUT2D eigenvalue weighted by atomic mass is 19.1. The Kier molecular flexibility index (Phi) is 7.42. The van der Waals surface area contributed by atoms with Crippen LogP contribution in [0.3, 0.4) is 0 Å². The fourth-order valence-electron chi connectivity index (χ4n) is 2.51. The number of allylic oxidation sites excluding steroid dienone is 1. The molecular weight excluding hydrogens is 315 g/mol. The fraction of sp³-hybridized carbons (Fsp3) is 0.273. The second-order valence-corrected chi connectivity index (χ2v) is 6.05. The zero-order valence-electron chi connectivity index (χ0n) is 14.6. The molecule has 0 aromatic heterocycles. The van der Waals surface area contributed by atoms with Crippen molar-refractivity contribution in [2.45, 2.75) is 32.3 Å². The largest absolute Gasteiger partial charge is 0.490 e. The molecule has 0 saturated carbocycles. The van der Waals surface area contributed by atoms with Crippen molar-refractivity contribution in [3.8, 4) is 16.9 Å². The molecule has 1 N–H and O–H groups in total. The summed E-state index contributed by atoms with van der Waals surface area (Å²) in [4.78, 5) is 0. The van der Waals surface area contributed by atoms with Gasteiger partial charge in [0.05, 0.1) is 6.10 Å². The van der Waals surface area contributed by atoms with Gasteiger partial charge in [-0.25, -0.2) is 4.39 Å². The van der Waals surface area contributed by atoms with Crippen molar-refractivity contribution in [1.29, 1.82) is 0 Å². The van der Waals surface area contributed by atoms with Crippen molar-refractivity contribution in [3.63, 3.8) is 0 Å². The number of hydrogen-bond donors (Lipinski definition) is 1. The van der Waals surface area contributed by atoms with E-state index in [0.29, 0.717) is 12.2 Å². The molecule has 2 nitrogen and oxygen atoms in total. The summed E-state index contributed by atoms with van der Waals surface area (Å²) in [7, 11) is 0. The van der Waals surface area contributed by atoms with Crippen molar-refractivity contribution in [3.05, 3.63) is 72.6 Å². The van der Waals surface area contributed by atoms with E-state index in [1.807, 2.05) is 42.5 Å². The molecule has 0 aliphatic rings. The number of benzene rings is 2. The van der Waals surface area contributed by atoms with Gasteiger partial charge in [-0.2, -0.15) is 0 Å². The molecule has 25 heavy (non-hydrogen) atoms. The number of unbranched alkanes of at least 4 members (excludes halogenated alkanes) is 1. The summed E-state index contributed by atoms with van der Waals surface area (Å²) < 4.78 is 19.8. The highest BCUT2D eigenvalue weighted by molar-refractivity contribution is 5.67. The van der Waals surface area contributed by atoms with Crippen molar-refractivity contribution < 1.29 is 14.2 Å². The SMILES string of the molecule is C=CCOc1ccc(-c2ccc(C=CCCCC(C)O)cc2F)cc1. The number of aliphatic hydroxyl groups excluding tert-OH is 1. The van der Waals surface area contributed by atoms with Crippen LogP contribution in [0.4, 0.5) is 4.39 Å². The lowest BCUT2D eigenvalue weighted by Crippen LogP contribution is -1.97. The molecular formula is C22H25FO2. The smallest absolute Gasteiger partial charge is 0.131 e. The molecule has 0 bridgehead atoms. The van der Waals surface area contributed by atoms with Gasteiger partial charge in [-0.1, -0.05) is 49.1 Å². The van der Waals surface area contributed by atoms with Crippen molar-refractivity contribution in [2.75, 3.05) is 6.61 Å². The molecule has 0 amide bonds. The van der Waals surface area contributed by atoms with E-state index < -0.39 is 0 Å². The van der Waals surface area contributed by atoms with Gasteiger partial charge >= 0.3 is 0 Å². The third kappa shape index (κ3) is 6.20. The van der Waals surface area contributed by atoms with E-state index in [-0.39, 0.29) is 11.9 Å². The third-order valence-corrected chi connectivity index (χ3v) is 3.83. The highest BCUT2D eigenvalue weighted by Gasteiger charge is 2.06. The van der Waals surface area contributed by atoms with Crippen LogP contribution in [0.1, 0.15) is 31.7 Å². The van der Waals surface area contributed by atoms with Crippen molar-refractivity contribution >= 4 is 6.08 Å². The van der Waals surface area contributed by atoms with Crippen LogP contribution in [0.25, 0.3) is 17.2 Å². The van der Waals surface area contributed by atoms with Crippen LogP contribution in [0, 0.1) is 5.82 Å². The van der Waals surface area contributed by atoms with Crippen LogP contribution in [0.15, 0.2) is 61.2 Å². The van der Waals surface area contributed by atoms with Gasteiger partial charge in [-0.05, 0) is 55.5 Å². The van der Waals surface area contributed by atoms with Gasteiger partial charge in [-0.3, -0.25) is 0 Å². The molecule has 2 rings (SSSR count). The Labute approximate surface area is 149 Å². The summed E-state index contributed by atoms with van der Waals surface area (Å²) in [5.74, 6) is 0.492. The van der Waals surface area contributed by atoms with Crippen LogP contribution < -0.4 is 4.74 Å². The third-order valence-electron chi connectivity index (χ3n) is 3.83. The zero-order chi connectivity index (χ0) is 18.1. The average Bonchev–Trinajstić information content (AvgIpc) is 2.60. The van der Waals surface area contributed by atoms with Gasteiger partial charge in [0.1, 0.15) is 18.2 Å². The van der Waals surface area contributed by atoms with Crippen LogP contribution in [0.2, 0.25) is 0 Å². The van der Waals surface area contributed by atoms with Crippen LogP contribution in [0.5, 0.6) is 5.75 Å². The number of hydrogen-bond acceptors (Lipinski definition) is 2. The minimum Gasteiger partial charge on any atom is -0.490 e. The van der Waals surface area contributed by atoms with E-state index >= 15 is 0 Å². The molecule has 0 heterocycles. The molecule has 3 heteroatoms. The number of halogens is 1. The van der Waals surface area contributed by atoms with Gasteiger partial charge in [0.2, 0.25) is 0 Å². The maximum Gasteiger partial charge on any atom is 0.131 e. The summed E-state index contributed by atoms with van der Waals surface area (Å²) in [5.41, 5.74) is 2.22. The van der Waals surface area contributed by atoms with E-state index in [2.05, 4.69) is 6.58 Å². The summed E-state index contributed by atoms with van der Waals surface area (Å²) in [6.07, 6.45) is 7.94. The molecule has 1 unspecified atom stereocenters. The van der Waals surface area contributed by atoms with Crippen LogP contribution in [-0.4, -0.2) is 17.8 Å². The van der Waals surface area contributed by atoms with Crippen molar-refractivity contribution in [1.82, 2.24) is 0 Å². The molecule has 0 aliphatic heterocycles. The predicted octanol–water partition coefficient (Wildman–Crippen LogP) is 5.62. The summed E-state index contributed by atoms with van der Waals surface area (Å²) in [6.45, 7) is 5.85. The summed E-state index contributed by atoms with van der Waals surface area (Å²) in [5, 5.41) is 9.22. The number of ether oxygens (including phenoxy) is 1. The Balaban J connectivity index is 2.01. The van der Waals surface area contributed by atoms with E-state index in [0.717, 1.165) is 36.1 Å². The lowest BCUT2D eigenvalue weighted by molar-refractivity contribution is 0.182. The molecule has 0 spiro atoms. The van der Waals surface area contributed by atoms with Crippen LogP contribution in [-0.2, 0) is 0 Å². The molecule has 0 aliphatic carbocycles. The van der Waals surface area contributed by atoms with E-state index in [9.17, 15) is 9.50 Å². The molecule has 0 radical (unpaired) electrons. The Morgan fingerprint density at radius 3 is 2.60 bits per heavy atom. The quantitative estimate of drug-likeness (QED) is 0.474. The lowest BCUT2D eigenvalue weighted by atomic mass is 10.0. The highest BCUT2D eigenvalue weighted by Crippen LogP contribution is 2.26. The standard InChI is InChI=1S/C22H25FO2/c1-3-15-25-20-12-10-19(11-13-20)21-14-9-18(16-22(21)23)8-6-4-5-7-17(2)24/h3,6,8-14,16-17,24H,1,4-5,7,15H2,2H3. The van der Waals surface area contributed by atoms with Crippen LogP contribution >= 0.6 is 0 Å². The molecule has 0 fully saturated rings. The molecule has 2 aromatic rings. The minimum atomic E-state index is -0.265. The summed E-state index contributed by atoms with van der Waals surface area (Å²) in [6, 6.07) is 12.6. The molecule has 132 valence electrons. The Bertz CT molecular complexity index is 702. The lowest BCUT2D eigenvalue weighted by Gasteiger charge is -2.07. The van der Waals surface area contributed by atoms with E-state index in [4.69, 9.17) is 4.74 Å². The Morgan fingerprint density at radius 2 is 1.96 bits per heavy atom. The van der Waals surface area contributed by atoms with Gasteiger partial charge in [-0.15, -0.1) is 0 Å². The van der Waals surface area contributed by atoms with Gasteiger partial charge in [0, 0.05) is 5.56 Å². The summed E-state index contributed by atoms with van der Waals surface area (Å²) >= 11 is 0. The average molecular weight is 340 g/mol. The Hall–Kier alpha value is -2.39. The monoisotopic (exact) mass is 340 g/mol. The van der Waals surface area contributed by atoms with Gasteiger partial charge < -0.3 is 9.84 Å². The molecule has 2 aromatic carbocycles. The van der Waals surface area contributed by atoms with Crippen molar-refractivity contribution in [2.24, 2.45) is 0 Å². The second kappa shape index (κ2) is 9.80. The van der Waals surface area contributed by atoms with E-state index in [1.54, 1.807) is 25.1 Å². The topological polar surface area (TPSA) is 29.5 Å². The first-order valence-electron chi connectivity index (χ1n) is 8.58. The second-order valence-electron chi connectivity index (χ2n) is 6.05. The molecule has 1 atom stereocenters. The maximum absolute atomic E-state index is 14.4. The molecule has 0 saturated heterocycles. The number of rotatable bonds is 9. The van der Waals surface area contributed by atoms with Gasteiger partial charge in [0.15, 0.2) is 0 Å². The first-order chi connectivity index (χ1) is 12.1. The zero-order valence-corrected chi connectivity index (χ0v) is 14.6. The fourth-order valence-corrected chi connectivity index (χ4v) is 2.51.